The number of phosphoric acid groups is 1. The summed E-state index contributed by atoms with van der Waals surface area (Å²) in [6, 6.07) is -0.841. The lowest BCUT2D eigenvalue weighted by molar-refractivity contribution is -0.870. The molecule has 0 spiro atoms. The monoisotopic (exact) mass is 1210 g/mol. The van der Waals surface area contributed by atoms with Gasteiger partial charge in [0.15, 0.2) is 0 Å². The fraction of sp³-hybridized carbons (Fsp3) is 0.946. The molecule has 500 valence electrons. The molecule has 0 radical (unpaired) electrons. The number of phosphoric ester groups is 1. The number of esters is 1. The molecule has 0 saturated heterocycles. The van der Waals surface area contributed by atoms with Crippen molar-refractivity contribution in [1.82, 2.24) is 5.32 Å². The number of nitrogens with zero attached hydrogens (tertiary/aromatic N) is 1. The van der Waals surface area contributed by atoms with Crippen LogP contribution < -0.4 is 5.32 Å². The molecule has 0 aromatic carbocycles. The molecule has 3 atom stereocenters. The van der Waals surface area contributed by atoms with Crippen LogP contribution in [0.2, 0.25) is 0 Å². The summed E-state index contributed by atoms with van der Waals surface area (Å²) in [6.07, 6.45) is 78.1. The van der Waals surface area contributed by atoms with E-state index in [-0.39, 0.29) is 25.1 Å². The van der Waals surface area contributed by atoms with Gasteiger partial charge in [-0.2, -0.15) is 0 Å². The van der Waals surface area contributed by atoms with E-state index < -0.39 is 20.0 Å². The van der Waals surface area contributed by atoms with E-state index in [1.54, 1.807) is 0 Å². The van der Waals surface area contributed by atoms with Gasteiger partial charge in [-0.1, -0.05) is 367 Å². The SMILES string of the molecule is CCCCCCCCCCCC/C=C/C(OC(=O)CCCCCCCCCCCCCCCCCCCCCCC)C(COP(=O)(O)OCC[N+](C)(C)C)NC(=O)CCCCCCCCCCCCCCCCCCCCCCCCCCC. The van der Waals surface area contributed by atoms with E-state index in [9.17, 15) is 19.0 Å². The van der Waals surface area contributed by atoms with Crippen molar-refractivity contribution in [2.45, 2.75) is 412 Å². The van der Waals surface area contributed by atoms with E-state index in [4.69, 9.17) is 13.8 Å². The van der Waals surface area contributed by atoms with Crippen molar-refractivity contribution in [2.75, 3.05) is 40.9 Å². The number of hydrogen-bond donors (Lipinski definition) is 2. The van der Waals surface area contributed by atoms with Crippen molar-refractivity contribution < 1.29 is 37.3 Å². The molecule has 0 saturated carbocycles. The second kappa shape index (κ2) is 64.7. The van der Waals surface area contributed by atoms with Crippen molar-refractivity contribution in [3.63, 3.8) is 0 Å². The minimum atomic E-state index is -4.45. The van der Waals surface area contributed by atoms with Gasteiger partial charge in [-0.05, 0) is 31.8 Å². The van der Waals surface area contributed by atoms with Crippen LogP contribution in [0.15, 0.2) is 12.2 Å². The highest BCUT2D eigenvalue weighted by Crippen LogP contribution is 2.43. The number of quaternary nitrogens is 1. The highest BCUT2D eigenvalue weighted by molar-refractivity contribution is 7.47. The maximum Gasteiger partial charge on any atom is 0.472 e. The molecular formula is C74H148N2O7P+. The fourth-order valence-electron chi connectivity index (χ4n) is 11.7. The summed E-state index contributed by atoms with van der Waals surface area (Å²) in [7, 11) is 1.53. The Hall–Kier alpha value is -1.25. The Bertz CT molecular complexity index is 1440. The molecule has 0 heterocycles. The molecule has 0 fully saturated rings. The van der Waals surface area contributed by atoms with Gasteiger partial charge in [0, 0.05) is 12.8 Å². The Morgan fingerprint density at radius 1 is 0.405 bits per heavy atom. The third-order valence-electron chi connectivity index (χ3n) is 17.5. The van der Waals surface area contributed by atoms with Gasteiger partial charge in [-0.15, -0.1) is 0 Å². The smallest absolute Gasteiger partial charge is 0.456 e. The molecule has 0 aliphatic rings. The number of hydrogen-bond acceptors (Lipinski definition) is 6. The number of carbonyl (C=O) groups is 2. The quantitative estimate of drug-likeness (QED) is 0.0205. The van der Waals surface area contributed by atoms with Gasteiger partial charge < -0.3 is 19.4 Å². The third kappa shape index (κ3) is 65.2. The number of likely N-dealkylation sites (N-methyl/N-ethyl adjacent to an activating group) is 1. The van der Waals surface area contributed by atoms with Crippen LogP contribution in [-0.2, 0) is 27.9 Å². The maximum absolute atomic E-state index is 13.6. The number of amides is 1. The van der Waals surface area contributed by atoms with Gasteiger partial charge in [0.2, 0.25) is 5.91 Å². The minimum absolute atomic E-state index is 0.0462. The number of carbonyl (C=O) groups excluding carboxylic acids is 2. The van der Waals surface area contributed by atoms with Crippen molar-refractivity contribution in [3.05, 3.63) is 12.2 Å². The lowest BCUT2D eigenvalue weighted by atomic mass is 10.0. The van der Waals surface area contributed by atoms with Gasteiger partial charge in [-0.25, -0.2) is 4.57 Å². The zero-order valence-electron chi connectivity index (χ0n) is 57.4. The molecule has 0 aromatic rings. The molecule has 0 rings (SSSR count). The van der Waals surface area contributed by atoms with Crippen LogP contribution in [-0.4, -0.2) is 74.3 Å². The van der Waals surface area contributed by atoms with Crippen LogP contribution in [0.3, 0.4) is 0 Å². The third-order valence-corrected chi connectivity index (χ3v) is 18.5. The highest BCUT2D eigenvalue weighted by atomic mass is 31.2. The van der Waals surface area contributed by atoms with Crippen LogP contribution >= 0.6 is 7.82 Å². The number of nitrogens with one attached hydrogen (secondary N) is 1. The molecule has 0 aromatic heterocycles. The Morgan fingerprint density at radius 2 is 0.679 bits per heavy atom. The number of rotatable bonds is 70. The summed E-state index contributed by atoms with van der Waals surface area (Å²) in [4.78, 5) is 37.9. The Balaban J connectivity index is 4.95. The lowest BCUT2D eigenvalue weighted by Gasteiger charge is -2.27. The molecule has 10 heteroatoms. The summed E-state index contributed by atoms with van der Waals surface area (Å²) in [5.74, 6) is -0.475. The molecular weight excluding hydrogens is 1060 g/mol. The molecule has 0 aliphatic heterocycles. The largest absolute Gasteiger partial charge is 0.472 e. The van der Waals surface area contributed by atoms with Gasteiger partial charge >= 0.3 is 13.8 Å². The van der Waals surface area contributed by atoms with E-state index in [1.165, 1.54) is 308 Å². The first-order chi connectivity index (χ1) is 40.9. The van der Waals surface area contributed by atoms with E-state index in [1.807, 2.05) is 27.2 Å². The van der Waals surface area contributed by atoms with Crippen LogP contribution in [0.5, 0.6) is 0 Å². The Kier molecular flexibility index (Phi) is 63.8. The zero-order chi connectivity index (χ0) is 61.4. The number of ether oxygens (including phenoxy) is 1. The number of unbranched alkanes of at least 4 members (excludes halogenated alkanes) is 54. The summed E-state index contributed by atoms with van der Waals surface area (Å²) >= 11 is 0. The Labute approximate surface area is 524 Å². The lowest BCUT2D eigenvalue weighted by Crippen LogP contribution is -2.47. The van der Waals surface area contributed by atoms with E-state index in [0.717, 1.165) is 57.8 Å². The van der Waals surface area contributed by atoms with Crippen molar-refractivity contribution in [1.29, 1.82) is 0 Å². The van der Waals surface area contributed by atoms with E-state index in [0.29, 0.717) is 23.9 Å². The standard InChI is InChI=1S/C74H147N2O7P/c1-7-10-13-16-19-22-25-28-30-32-34-36-37-38-39-41-42-44-46-48-51-54-57-60-63-66-73(77)75-71(70-82-84(79,80)81-69-68-76(4,5)6)72(65-62-59-56-53-50-27-24-21-18-15-12-9-3)83-74(78)67-64-61-58-55-52-49-47-45-43-40-35-33-31-29-26-23-20-17-14-11-8-2/h62,65,71-72H,7-61,63-64,66-70H2,1-6H3,(H-,75,77,79,80)/p+1/b65-62+. The van der Waals surface area contributed by atoms with Gasteiger partial charge in [0.05, 0.1) is 33.8 Å². The summed E-state index contributed by atoms with van der Waals surface area (Å²) in [5.41, 5.74) is 0. The first-order valence-corrected chi connectivity index (χ1v) is 39.0. The predicted molar refractivity (Wildman–Crippen MR) is 365 cm³/mol. The first-order valence-electron chi connectivity index (χ1n) is 37.5. The molecule has 2 N–H and O–H groups in total. The topological polar surface area (TPSA) is 111 Å². The summed E-state index contributed by atoms with van der Waals surface area (Å²) in [6.45, 7) is 7.10. The molecule has 0 aliphatic carbocycles. The summed E-state index contributed by atoms with van der Waals surface area (Å²) in [5, 5.41) is 3.08. The molecule has 0 bridgehead atoms. The van der Waals surface area contributed by atoms with Crippen molar-refractivity contribution in [3.8, 4) is 0 Å². The average molecular weight is 1210 g/mol. The van der Waals surface area contributed by atoms with E-state index in [2.05, 4.69) is 32.2 Å². The molecule has 3 unspecified atom stereocenters. The molecule has 84 heavy (non-hydrogen) atoms. The van der Waals surface area contributed by atoms with E-state index >= 15 is 0 Å². The van der Waals surface area contributed by atoms with Gasteiger partial charge in [0.1, 0.15) is 19.3 Å². The van der Waals surface area contributed by atoms with Crippen LogP contribution in [0.1, 0.15) is 400 Å². The maximum atomic E-state index is 13.6. The first kappa shape index (κ1) is 82.8. The van der Waals surface area contributed by atoms with Gasteiger partial charge in [-0.3, -0.25) is 18.6 Å². The molecule has 9 nitrogen and oxygen atoms in total. The van der Waals surface area contributed by atoms with Crippen molar-refractivity contribution in [2.24, 2.45) is 0 Å². The predicted octanol–water partition coefficient (Wildman–Crippen LogP) is 23.9. The summed E-state index contributed by atoms with van der Waals surface area (Å²) < 4.78 is 30.9. The second-order valence-electron chi connectivity index (χ2n) is 27.2. The Morgan fingerprint density at radius 3 is 0.976 bits per heavy atom. The minimum Gasteiger partial charge on any atom is -0.456 e. The highest BCUT2D eigenvalue weighted by Gasteiger charge is 2.30. The normalized spacial score (nSPS) is 13.5. The average Bonchev–Trinajstić information content (AvgIpc) is 3.65. The molecule has 1 amide bonds. The van der Waals surface area contributed by atoms with Crippen LogP contribution in [0, 0.1) is 0 Å². The van der Waals surface area contributed by atoms with Gasteiger partial charge in [0.25, 0.3) is 0 Å². The second-order valence-corrected chi connectivity index (χ2v) is 28.6. The number of allylic oxidation sites excluding steroid dienone is 1. The van der Waals surface area contributed by atoms with Crippen LogP contribution in [0.25, 0.3) is 0 Å². The van der Waals surface area contributed by atoms with Crippen molar-refractivity contribution >= 4 is 19.7 Å². The fourth-order valence-corrected chi connectivity index (χ4v) is 12.4. The zero-order valence-corrected chi connectivity index (χ0v) is 58.3. The van der Waals surface area contributed by atoms with Crippen LogP contribution in [0.4, 0.5) is 0 Å².